The Morgan fingerprint density at radius 3 is 2.12 bits per heavy atom. The molecule has 1 saturated heterocycles. The van der Waals surface area contributed by atoms with E-state index in [2.05, 4.69) is 10.6 Å². The van der Waals surface area contributed by atoms with Gasteiger partial charge in [-0.3, -0.25) is 24.1 Å². The van der Waals surface area contributed by atoms with Crippen LogP contribution in [0.5, 0.6) is 0 Å². The molecule has 4 amide bonds. The predicted molar refractivity (Wildman–Crippen MR) is 182 cm³/mol. The van der Waals surface area contributed by atoms with Crippen molar-refractivity contribution in [3.8, 4) is 0 Å². The number of carboxylic acid groups (broad SMARTS) is 1. The largest absolute Gasteiger partial charge is 0.480 e. The summed E-state index contributed by atoms with van der Waals surface area (Å²) in [6, 6.07) is 21.6. The quantitative estimate of drug-likeness (QED) is 0.247. The van der Waals surface area contributed by atoms with Crippen molar-refractivity contribution in [2.24, 2.45) is 5.41 Å². The van der Waals surface area contributed by atoms with Gasteiger partial charge < -0.3 is 20.6 Å². The molecule has 48 heavy (non-hydrogen) atoms. The smallest absolute Gasteiger partial charge is 0.326 e. The second-order valence-electron chi connectivity index (χ2n) is 12.7. The summed E-state index contributed by atoms with van der Waals surface area (Å²) in [4.78, 5) is 67.8. The third kappa shape index (κ3) is 7.71. The number of hydrogen-bond acceptors (Lipinski definition) is 5. The van der Waals surface area contributed by atoms with Gasteiger partial charge in [-0.25, -0.2) is 4.79 Å². The highest BCUT2D eigenvalue weighted by molar-refractivity contribution is 6.30. The molecule has 0 bridgehead atoms. The van der Waals surface area contributed by atoms with Gasteiger partial charge in [-0.05, 0) is 60.2 Å². The molecule has 11 heteroatoms. The van der Waals surface area contributed by atoms with E-state index in [0.29, 0.717) is 48.5 Å². The van der Waals surface area contributed by atoms with Crippen LogP contribution in [0, 0.1) is 5.41 Å². The van der Waals surface area contributed by atoms with E-state index >= 15 is 0 Å². The standard InChI is InChI=1S/C37H41ClN4O6/c1-24(43)39-21-20-37(18-6-7-19-37)36(48)40-31(35(46)47)22-26-12-16-30(17-13-26)42-33(28-8-4-3-5-9-28)41(25(2)44)32(34(42)45)23-27-10-14-29(38)15-11-27/h3-5,8-17,31-33H,6-7,18-23H2,1-2H3,(H,39,43)(H,40,48)(H,46,47)/t31?,32-,33?/m1/s1. The molecule has 5 rings (SSSR count). The summed E-state index contributed by atoms with van der Waals surface area (Å²) < 4.78 is 0. The summed E-state index contributed by atoms with van der Waals surface area (Å²) in [5, 5.41) is 16.2. The third-order valence-electron chi connectivity index (χ3n) is 9.45. The summed E-state index contributed by atoms with van der Waals surface area (Å²) in [5.74, 6) is -2.11. The minimum atomic E-state index is -1.16. The van der Waals surface area contributed by atoms with Crippen molar-refractivity contribution in [2.45, 2.75) is 77.0 Å². The molecule has 3 N–H and O–H groups in total. The number of hydrogen-bond donors (Lipinski definition) is 3. The summed E-state index contributed by atoms with van der Waals surface area (Å²) >= 11 is 6.09. The number of anilines is 1. The van der Waals surface area contributed by atoms with Gasteiger partial charge in [0.05, 0.1) is 5.41 Å². The molecule has 3 aromatic carbocycles. The van der Waals surface area contributed by atoms with Gasteiger partial charge in [0.2, 0.25) is 17.7 Å². The minimum Gasteiger partial charge on any atom is -0.480 e. The molecular weight excluding hydrogens is 632 g/mol. The molecule has 0 radical (unpaired) electrons. The Bertz CT molecular complexity index is 1640. The first-order valence-corrected chi connectivity index (χ1v) is 16.7. The van der Waals surface area contributed by atoms with Gasteiger partial charge in [0, 0.05) is 43.9 Å². The van der Waals surface area contributed by atoms with E-state index in [1.807, 2.05) is 42.5 Å². The highest BCUT2D eigenvalue weighted by Crippen LogP contribution is 2.42. The van der Waals surface area contributed by atoms with Crippen LogP contribution in [0.3, 0.4) is 0 Å². The number of halogens is 1. The van der Waals surface area contributed by atoms with Crippen LogP contribution in [0.4, 0.5) is 5.69 Å². The normalized spacial score (nSPS) is 19.2. The fraction of sp³-hybridized carbons (Fsp3) is 0.378. The van der Waals surface area contributed by atoms with Crippen LogP contribution in [-0.2, 0) is 36.8 Å². The second-order valence-corrected chi connectivity index (χ2v) is 13.2. The van der Waals surface area contributed by atoms with Crippen molar-refractivity contribution >= 4 is 46.9 Å². The lowest BCUT2D eigenvalue weighted by atomic mass is 9.81. The van der Waals surface area contributed by atoms with Crippen LogP contribution < -0.4 is 15.5 Å². The van der Waals surface area contributed by atoms with Crippen molar-refractivity contribution < 1.29 is 29.1 Å². The fourth-order valence-electron chi connectivity index (χ4n) is 6.98. The Kier molecular flexibility index (Phi) is 10.8. The summed E-state index contributed by atoms with van der Waals surface area (Å²) in [5.41, 5.74) is 2.14. The Labute approximate surface area is 285 Å². The Morgan fingerprint density at radius 1 is 0.917 bits per heavy atom. The lowest BCUT2D eigenvalue weighted by molar-refractivity contribution is -0.144. The number of nitrogens with one attached hydrogen (secondary N) is 2. The van der Waals surface area contributed by atoms with E-state index in [-0.39, 0.29) is 30.0 Å². The zero-order valence-electron chi connectivity index (χ0n) is 27.2. The Morgan fingerprint density at radius 2 is 1.54 bits per heavy atom. The highest BCUT2D eigenvalue weighted by Gasteiger charge is 2.48. The van der Waals surface area contributed by atoms with Crippen LogP contribution in [0.2, 0.25) is 5.02 Å². The van der Waals surface area contributed by atoms with Gasteiger partial charge in [-0.2, -0.15) is 0 Å². The third-order valence-corrected chi connectivity index (χ3v) is 9.70. The van der Waals surface area contributed by atoms with Crippen molar-refractivity contribution in [1.29, 1.82) is 0 Å². The molecule has 2 fully saturated rings. The van der Waals surface area contributed by atoms with Crippen molar-refractivity contribution in [3.05, 3.63) is 101 Å². The number of amides is 4. The fourth-order valence-corrected chi connectivity index (χ4v) is 7.11. The lowest BCUT2D eigenvalue weighted by Crippen LogP contribution is -2.49. The summed E-state index contributed by atoms with van der Waals surface area (Å²) in [6.45, 7) is 3.23. The molecule has 1 saturated carbocycles. The van der Waals surface area contributed by atoms with Gasteiger partial charge in [-0.15, -0.1) is 0 Å². The zero-order chi connectivity index (χ0) is 34.4. The molecule has 252 valence electrons. The maximum absolute atomic E-state index is 14.2. The predicted octanol–water partition coefficient (Wildman–Crippen LogP) is 5.04. The first-order valence-electron chi connectivity index (χ1n) is 16.3. The first kappa shape index (κ1) is 34.6. The van der Waals surface area contributed by atoms with Crippen LogP contribution in [-0.4, -0.2) is 58.2 Å². The number of carbonyl (C=O) groups excluding carboxylic acids is 4. The molecule has 1 aliphatic heterocycles. The van der Waals surface area contributed by atoms with E-state index in [1.165, 1.54) is 13.8 Å². The summed E-state index contributed by atoms with van der Waals surface area (Å²) in [7, 11) is 0. The summed E-state index contributed by atoms with van der Waals surface area (Å²) in [6.07, 6.45) is 3.12. The molecular formula is C37H41ClN4O6. The number of benzene rings is 3. The number of carbonyl (C=O) groups is 5. The number of rotatable bonds is 12. The molecule has 0 aromatic heterocycles. The monoisotopic (exact) mass is 672 g/mol. The SMILES string of the molecule is CC(=O)NCCC1(C(=O)NC(Cc2ccc(N3C(=O)[C@@H](Cc4ccc(Cl)cc4)N(C(C)=O)C3c3ccccc3)cc2)C(=O)O)CCCC1. The van der Waals surface area contributed by atoms with Crippen molar-refractivity contribution in [2.75, 3.05) is 11.4 Å². The van der Waals surface area contributed by atoms with E-state index in [1.54, 1.807) is 46.2 Å². The Hall–Kier alpha value is -4.70. The average molecular weight is 673 g/mol. The molecule has 2 unspecified atom stereocenters. The Balaban J connectivity index is 1.38. The highest BCUT2D eigenvalue weighted by atomic mass is 35.5. The van der Waals surface area contributed by atoms with Crippen LogP contribution in [0.15, 0.2) is 78.9 Å². The maximum Gasteiger partial charge on any atom is 0.326 e. The number of nitrogens with zero attached hydrogens (tertiary/aromatic N) is 2. The van der Waals surface area contributed by atoms with E-state index in [9.17, 15) is 29.1 Å². The van der Waals surface area contributed by atoms with Crippen LogP contribution in [0.1, 0.15) is 68.8 Å². The first-order chi connectivity index (χ1) is 23.0. The molecule has 10 nitrogen and oxygen atoms in total. The van der Waals surface area contributed by atoms with Gasteiger partial charge in [0.25, 0.3) is 5.91 Å². The van der Waals surface area contributed by atoms with Crippen LogP contribution in [0.25, 0.3) is 0 Å². The van der Waals surface area contributed by atoms with Gasteiger partial charge in [0.1, 0.15) is 18.2 Å². The van der Waals surface area contributed by atoms with E-state index < -0.39 is 29.6 Å². The molecule has 3 atom stereocenters. The molecule has 0 spiro atoms. The molecule has 2 aliphatic rings. The minimum absolute atomic E-state index is 0.0396. The maximum atomic E-state index is 14.2. The lowest BCUT2D eigenvalue weighted by Gasteiger charge is -2.31. The number of carboxylic acids is 1. The molecule has 1 heterocycles. The van der Waals surface area contributed by atoms with E-state index in [4.69, 9.17) is 11.6 Å². The zero-order valence-corrected chi connectivity index (χ0v) is 27.9. The van der Waals surface area contributed by atoms with Crippen LogP contribution >= 0.6 is 11.6 Å². The van der Waals surface area contributed by atoms with Gasteiger partial charge >= 0.3 is 5.97 Å². The number of aliphatic carboxylic acids is 1. The van der Waals surface area contributed by atoms with E-state index in [0.717, 1.165) is 24.0 Å². The average Bonchev–Trinajstić information content (AvgIpc) is 3.66. The topological polar surface area (TPSA) is 136 Å². The van der Waals surface area contributed by atoms with Gasteiger partial charge in [0.15, 0.2) is 0 Å². The molecule has 3 aromatic rings. The second kappa shape index (κ2) is 15.0. The van der Waals surface area contributed by atoms with Gasteiger partial charge in [-0.1, -0.05) is 79.0 Å². The van der Waals surface area contributed by atoms with Crippen molar-refractivity contribution in [1.82, 2.24) is 15.5 Å². The van der Waals surface area contributed by atoms with Crippen molar-refractivity contribution in [3.63, 3.8) is 0 Å². The molecule has 1 aliphatic carbocycles.